The average molecular weight is 284 g/mol. The van der Waals surface area contributed by atoms with Gasteiger partial charge in [0.05, 0.1) is 11.0 Å². The number of halogens is 1. The fraction of sp³-hybridized carbons (Fsp3) is 0.333. The highest BCUT2D eigenvalue weighted by atomic mass is 35.5. The summed E-state index contributed by atoms with van der Waals surface area (Å²) in [5.41, 5.74) is 1.71. The van der Waals surface area contributed by atoms with Gasteiger partial charge in [-0.05, 0) is 44.3 Å². The Morgan fingerprint density at radius 1 is 1.61 bits per heavy atom. The summed E-state index contributed by atoms with van der Waals surface area (Å²) in [6.45, 7) is 4.30. The third-order valence-corrected chi connectivity index (χ3v) is 3.33. The minimum Gasteiger partial charge on any atom is -0.355 e. The Bertz CT molecular complexity index is 646. The fourth-order valence-electron chi connectivity index (χ4n) is 1.92. The van der Waals surface area contributed by atoms with E-state index in [-0.39, 0.29) is 11.9 Å². The Labute approximate surface area is 115 Å². The van der Waals surface area contributed by atoms with Gasteiger partial charge in [-0.15, -0.1) is 0 Å². The van der Waals surface area contributed by atoms with Gasteiger partial charge in [-0.25, -0.2) is 0 Å². The fourth-order valence-corrected chi connectivity index (χ4v) is 2.45. The monoisotopic (exact) mass is 283 g/mol. The highest BCUT2D eigenvalue weighted by Crippen LogP contribution is 2.22. The van der Waals surface area contributed by atoms with Gasteiger partial charge in [0.1, 0.15) is 6.04 Å². The predicted molar refractivity (Wildman–Crippen MR) is 75.5 cm³/mol. The summed E-state index contributed by atoms with van der Waals surface area (Å²) in [6, 6.07) is 5.08. The number of hydrogen-bond donors (Lipinski definition) is 2. The molecule has 0 fully saturated rings. The van der Waals surface area contributed by atoms with E-state index in [9.17, 15) is 4.79 Å². The number of aromatic nitrogens is 2. The van der Waals surface area contributed by atoms with Gasteiger partial charge in [-0.1, -0.05) is 11.6 Å². The number of imidazole rings is 1. The molecule has 6 heteroatoms. The van der Waals surface area contributed by atoms with E-state index in [1.54, 1.807) is 16.7 Å². The quantitative estimate of drug-likeness (QED) is 0.851. The Kier molecular flexibility index (Phi) is 3.73. The molecular formula is C12H14ClN3OS. The number of nitrogens with zero attached hydrogens (tertiary/aromatic N) is 1. The molecule has 0 radical (unpaired) electrons. The first-order valence-electron chi connectivity index (χ1n) is 5.72. The van der Waals surface area contributed by atoms with Crippen LogP contribution in [-0.2, 0) is 4.79 Å². The molecule has 1 aromatic heterocycles. The zero-order chi connectivity index (χ0) is 13.3. The number of fused-ring (bicyclic) bond motifs is 1. The van der Waals surface area contributed by atoms with Gasteiger partial charge in [0.15, 0.2) is 4.77 Å². The number of hydrogen-bond acceptors (Lipinski definition) is 2. The number of carbonyl (C=O) groups is 1. The lowest BCUT2D eigenvalue weighted by molar-refractivity contribution is -0.123. The van der Waals surface area contributed by atoms with Crippen LogP contribution in [0.5, 0.6) is 0 Å². The Morgan fingerprint density at radius 3 is 3.00 bits per heavy atom. The number of rotatable bonds is 3. The van der Waals surface area contributed by atoms with Crippen LogP contribution in [0.1, 0.15) is 19.9 Å². The molecule has 0 saturated heterocycles. The van der Waals surface area contributed by atoms with E-state index in [4.69, 9.17) is 23.8 Å². The summed E-state index contributed by atoms with van der Waals surface area (Å²) >= 11 is 11.2. The van der Waals surface area contributed by atoms with Crippen LogP contribution in [0.25, 0.3) is 11.0 Å². The molecule has 18 heavy (non-hydrogen) atoms. The van der Waals surface area contributed by atoms with Crippen LogP contribution in [0.4, 0.5) is 0 Å². The summed E-state index contributed by atoms with van der Waals surface area (Å²) < 4.78 is 2.30. The number of amides is 1. The Morgan fingerprint density at radius 2 is 2.33 bits per heavy atom. The summed E-state index contributed by atoms with van der Waals surface area (Å²) in [6.07, 6.45) is 0. The first-order valence-corrected chi connectivity index (χ1v) is 6.50. The van der Waals surface area contributed by atoms with Crippen LogP contribution in [0.2, 0.25) is 5.02 Å². The van der Waals surface area contributed by atoms with E-state index in [2.05, 4.69) is 10.3 Å². The SMILES string of the molecule is CCNC(=O)C(C)n1c(=S)[nH]c2ccc(Cl)cc21. The Hall–Kier alpha value is -1.33. The molecule has 0 aliphatic rings. The number of H-pyrrole nitrogens is 1. The van der Waals surface area contributed by atoms with Crippen molar-refractivity contribution in [2.75, 3.05) is 6.54 Å². The lowest BCUT2D eigenvalue weighted by atomic mass is 10.2. The lowest BCUT2D eigenvalue weighted by Crippen LogP contribution is -2.30. The van der Waals surface area contributed by atoms with Crippen LogP contribution < -0.4 is 5.32 Å². The van der Waals surface area contributed by atoms with Gasteiger partial charge in [0.25, 0.3) is 0 Å². The van der Waals surface area contributed by atoms with Crippen molar-refractivity contribution in [3.8, 4) is 0 Å². The predicted octanol–water partition coefficient (Wildman–Crippen LogP) is 3.05. The molecule has 0 spiro atoms. The topological polar surface area (TPSA) is 49.8 Å². The third kappa shape index (κ3) is 2.28. The smallest absolute Gasteiger partial charge is 0.242 e. The Balaban J connectivity index is 2.56. The molecule has 1 amide bonds. The van der Waals surface area contributed by atoms with E-state index in [1.807, 2.05) is 19.9 Å². The van der Waals surface area contributed by atoms with Crippen LogP contribution in [0.3, 0.4) is 0 Å². The molecule has 1 heterocycles. The van der Waals surface area contributed by atoms with Gasteiger partial charge in [-0.3, -0.25) is 4.79 Å². The molecular weight excluding hydrogens is 270 g/mol. The van der Waals surface area contributed by atoms with Crippen molar-refractivity contribution >= 4 is 40.8 Å². The van der Waals surface area contributed by atoms with Crippen molar-refractivity contribution in [3.05, 3.63) is 28.0 Å². The van der Waals surface area contributed by atoms with Gasteiger partial charge < -0.3 is 14.9 Å². The molecule has 0 aliphatic carbocycles. The molecule has 0 saturated carbocycles. The van der Waals surface area contributed by atoms with Gasteiger partial charge in [0.2, 0.25) is 5.91 Å². The number of benzene rings is 1. The first-order chi connectivity index (χ1) is 8.54. The standard InChI is InChI=1S/C12H14ClN3OS/c1-3-14-11(17)7(2)16-10-6-8(13)4-5-9(10)15-12(16)18/h4-7H,3H2,1-2H3,(H,14,17)(H,15,18). The van der Waals surface area contributed by atoms with E-state index in [0.717, 1.165) is 11.0 Å². The summed E-state index contributed by atoms with van der Waals surface area (Å²) in [7, 11) is 0. The minimum atomic E-state index is -0.371. The molecule has 1 atom stereocenters. The first kappa shape index (κ1) is 13.1. The number of likely N-dealkylation sites (N-methyl/N-ethyl adjacent to an activating group) is 1. The third-order valence-electron chi connectivity index (χ3n) is 2.80. The zero-order valence-corrected chi connectivity index (χ0v) is 11.7. The molecule has 2 rings (SSSR count). The normalized spacial score (nSPS) is 12.6. The van der Waals surface area contributed by atoms with E-state index < -0.39 is 0 Å². The number of aromatic amines is 1. The van der Waals surface area contributed by atoms with Crippen molar-refractivity contribution in [3.63, 3.8) is 0 Å². The van der Waals surface area contributed by atoms with Crippen LogP contribution in [0, 0.1) is 4.77 Å². The molecule has 1 aromatic carbocycles. The molecule has 0 bridgehead atoms. The minimum absolute atomic E-state index is 0.0607. The van der Waals surface area contributed by atoms with Crippen molar-refractivity contribution < 1.29 is 4.79 Å². The van der Waals surface area contributed by atoms with Gasteiger partial charge in [0, 0.05) is 11.6 Å². The summed E-state index contributed by atoms with van der Waals surface area (Å²) in [5.74, 6) is -0.0607. The van der Waals surface area contributed by atoms with Crippen LogP contribution in [0.15, 0.2) is 18.2 Å². The van der Waals surface area contributed by atoms with Crippen LogP contribution in [-0.4, -0.2) is 22.0 Å². The zero-order valence-electron chi connectivity index (χ0n) is 10.2. The highest BCUT2D eigenvalue weighted by Gasteiger charge is 2.17. The molecule has 2 aromatic rings. The average Bonchev–Trinajstić information content (AvgIpc) is 2.64. The maximum absolute atomic E-state index is 11.9. The second kappa shape index (κ2) is 5.12. The van der Waals surface area contributed by atoms with Gasteiger partial charge in [-0.2, -0.15) is 0 Å². The number of carbonyl (C=O) groups excluding carboxylic acids is 1. The molecule has 4 nitrogen and oxygen atoms in total. The van der Waals surface area contributed by atoms with E-state index in [0.29, 0.717) is 16.3 Å². The second-order valence-electron chi connectivity index (χ2n) is 4.03. The molecule has 1 unspecified atom stereocenters. The largest absolute Gasteiger partial charge is 0.355 e. The van der Waals surface area contributed by atoms with Crippen molar-refractivity contribution in [1.29, 1.82) is 0 Å². The lowest BCUT2D eigenvalue weighted by Gasteiger charge is -2.13. The molecule has 96 valence electrons. The highest BCUT2D eigenvalue weighted by molar-refractivity contribution is 7.71. The maximum atomic E-state index is 11.9. The van der Waals surface area contributed by atoms with Gasteiger partial charge >= 0.3 is 0 Å². The molecule has 2 N–H and O–H groups in total. The number of nitrogens with one attached hydrogen (secondary N) is 2. The van der Waals surface area contributed by atoms with Crippen molar-refractivity contribution in [2.24, 2.45) is 0 Å². The van der Waals surface area contributed by atoms with E-state index in [1.165, 1.54) is 0 Å². The van der Waals surface area contributed by atoms with Crippen molar-refractivity contribution in [2.45, 2.75) is 19.9 Å². The summed E-state index contributed by atoms with van der Waals surface area (Å²) in [5, 5.41) is 3.41. The maximum Gasteiger partial charge on any atom is 0.242 e. The van der Waals surface area contributed by atoms with E-state index >= 15 is 0 Å². The second-order valence-corrected chi connectivity index (χ2v) is 4.86. The van der Waals surface area contributed by atoms with Crippen LogP contribution >= 0.6 is 23.8 Å². The summed E-state index contributed by atoms with van der Waals surface area (Å²) in [4.78, 5) is 15.0. The van der Waals surface area contributed by atoms with Crippen molar-refractivity contribution in [1.82, 2.24) is 14.9 Å². The molecule has 0 aliphatic heterocycles.